The van der Waals surface area contributed by atoms with E-state index in [-0.39, 0.29) is 28.9 Å². The molecule has 0 bridgehead atoms. The first-order valence-corrected chi connectivity index (χ1v) is 17.5. The summed E-state index contributed by atoms with van der Waals surface area (Å²) in [6, 6.07) is 0. The molecule has 0 spiro atoms. The SMILES string of the molecule is COCc1cn([C@H]2C[C@H](O[Si](C)(C)C(C)(C)C)[C@@H](CO[Si](C)(C)C(C)(C)C)O2)c(=O)[nH]c1=O. The molecule has 1 aliphatic heterocycles. The Labute approximate surface area is 200 Å². The minimum Gasteiger partial charge on any atom is -0.414 e. The van der Waals surface area contributed by atoms with Gasteiger partial charge in [0.25, 0.3) is 5.56 Å². The lowest BCUT2D eigenvalue weighted by atomic mass is 10.2. The molecule has 1 aliphatic rings. The number of rotatable bonds is 8. The van der Waals surface area contributed by atoms with E-state index >= 15 is 0 Å². The molecule has 1 fully saturated rings. The Morgan fingerprint density at radius 1 is 1.06 bits per heavy atom. The normalized spacial score (nSPS) is 22.7. The van der Waals surface area contributed by atoms with Crippen LogP contribution >= 0.6 is 0 Å². The number of hydrogen-bond donors (Lipinski definition) is 1. The second-order valence-electron chi connectivity index (χ2n) is 12.1. The zero-order valence-electron chi connectivity index (χ0n) is 22.3. The van der Waals surface area contributed by atoms with Crippen LogP contribution in [0.25, 0.3) is 0 Å². The van der Waals surface area contributed by atoms with Crippen molar-refractivity contribution in [3.05, 3.63) is 32.6 Å². The predicted molar refractivity (Wildman–Crippen MR) is 136 cm³/mol. The van der Waals surface area contributed by atoms with Gasteiger partial charge in [-0.2, -0.15) is 0 Å². The fourth-order valence-electron chi connectivity index (χ4n) is 3.21. The van der Waals surface area contributed by atoms with E-state index in [4.69, 9.17) is 18.3 Å². The molecular formula is C23H44N2O6Si2. The van der Waals surface area contributed by atoms with E-state index in [9.17, 15) is 9.59 Å². The second kappa shape index (κ2) is 9.90. The van der Waals surface area contributed by atoms with Gasteiger partial charge < -0.3 is 18.3 Å². The minimum atomic E-state index is -2.09. The highest BCUT2D eigenvalue weighted by Crippen LogP contribution is 2.42. The van der Waals surface area contributed by atoms with Gasteiger partial charge in [0.2, 0.25) is 0 Å². The second-order valence-corrected chi connectivity index (χ2v) is 21.7. The van der Waals surface area contributed by atoms with Crippen LogP contribution in [0.2, 0.25) is 36.3 Å². The third-order valence-electron chi connectivity index (χ3n) is 7.50. The highest BCUT2D eigenvalue weighted by atomic mass is 28.4. The number of ether oxygens (including phenoxy) is 2. The molecule has 0 saturated carbocycles. The Morgan fingerprint density at radius 3 is 2.15 bits per heavy atom. The number of methoxy groups -OCH3 is 1. The van der Waals surface area contributed by atoms with E-state index in [1.165, 1.54) is 17.9 Å². The van der Waals surface area contributed by atoms with Gasteiger partial charge in [0.1, 0.15) is 12.3 Å². The Morgan fingerprint density at radius 2 is 1.64 bits per heavy atom. The molecule has 0 aliphatic carbocycles. The summed E-state index contributed by atoms with van der Waals surface area (Å²) in [6.07, 6.45) is 0.993. The summed E-state index contributed by atoms with van der Waals surface area (Å²) in [7, 11) is -2.57. The van der Waals surface area contributed by atoms with Crippen molar-refractivity contribution >= 4 is 16.6 Å². The van der Waals surface area contributed by atoms with Crippen molar-refractivity contribution in [3.63, 3.8) is 0 Å². The van der Waals surface area contributed by atoms with E-state index in [1.807, 2.05) is 0 Å². The van der Waals surface area contributed by atoms with Crippen LogP contribution in [0.4, 0.5) is 0 Å². The van der Waals surface area contributed by atoms with Crippen LogP contribution in [0, 0.1) is 0 Å². The standard InChI is InChI=1S/C23H44N2O6Si2/c1-22(2,3)32(8,9)29-15-18-17(31-33(10,11)23(4,5)6)12-19(30-18)25-13-16(14-28-7)20(26)24-21(25)27/h13,17-19H,12,14-15H2,1-11H3,(H,24,26,27)/t17-,18+,19+/m0/s1. The van der Waals surface area contributed by atoms with Gasteiger partial charge in [-0.05, 0) is 36.3 Å². The molecule has 1 aromatic rings. The number of H-pyrrole nitrogens is 1. The van der Waals surface area contributed by atoms with Crippen LogP contribution in [0.3, 0.4) is 0 Å². The lowest BCUT2D eigenvalue weighted by molar-refractivity contribution is -0.0414. The van der Waals surface area contributed by atoms with Gasteiger partial charge >= 0.3 is 5.69 Å². The quantitative estimate of drug-likeness (QED) is 0.533. The molecule has 0 radical (unpaired) electrons. The molecule has 3 atom stereocenters. The summed E-state index contributed by atoms with van der Waals surface area (Å²) in [5, 5.41) is 0.113. The first kappa shape index (κ1) is 28.2. The molecule has 8 nitrogen and oxygen atoms in total. The summed E-state index contributed by atoms with van der Waals surface area (Å²) in [5.74, 6) is 0. The molecule has 1 aromatic heterocycles. The zero-order chi connectivity index (χ0) is 25.4. The highest BCUT2D eigenvalue weighted by molar-refractivity contribution is 6.74. The van der Waals surface area contributed by atoms with Gasteiger partial charge in [-0.25, -0.2) is 4.79 Å². The average molecular weight is 501 g/mol. The van der Waals surface area contributed by atoms with Gasteiger partial charge in [-0.15, -0.1) is 0 Å². The summed E-state index contributed by atoms with van der Waals surface area (Å²) in [5.41, 5.74) is -0.562. The van der Waals surface area contributed by atoms with Crippen LogP contribution in [-0.4, -0.2) is 52.1 Å². The maximum absolute atomic E-state index is 12.6. The third kappa shape index (κ3) is 6.55. The van der Waals surface area contributed by atoms with Crippen LogP contribution in [0.15, 0.2) is 15.8 Å². The molecule has 190 valence electrons. The van der Waals surface area contributed by atoms with Gasteiger partial charge in [0, 0.05) is 19.7 Å². The highest BCUT2D eigenvalue weighted by Gasteiger charge is 2.46. The molecule has 0 unspecified atom stereocenters. The van der Waals surface area contributed by atoms with Crippen molar-refractivity contribution < 1.29 is 18.3 Å². The molecule has 10 heteroatoms. The van der Waals surface area contributed by atoms with Crippen LogP contribution in [0.1, 0.15) is 59.8 Å². The third-order valence-corrected chi connectivity index (χ3v) is 16.5. The lowest BCUT2D eigenvalue weighted by Crippen LogP contribution is -2.48. The predicted octanol–water partition coefficient (Wildman–Crippen LogP) is 4.38. The Hall–Kier alpha value is -1.05. The first-order valence-electron chi connectivity index (χ1n) is 11.7. The molecule has 33 heavy (non-hydrogen) atoms. The summed E-state index contributed by atoms with van der Waals surface area (Å²) in [6.45, 7) is 22.6. The number of aromatic nitrogens is 2. The van der Waals surface area contributed by atoms with Gasteiger partial charge in [0.15, 0.2) is 16.6 Å². The number of nitrogens with one attached hydrogen (secondary N) is 1. The molecule has 2 heterocycles. The smallest absolute Gasteiger partial charge is 0.330 e. The summed E-state index contributed by atoms with van der Waals surface area (Å²) in [4.78, 5) is 27.1. The number of aromatic amines is 1. The Balaban J connectivity index is 2.35. The molecule has 0 amide bonds. The van der Waals surface area contributed by atoms with Crippen molar-refractivity contribution in [1.29, 1.82) is 0 Å². The van der Waals surface area contributed by atoms with Gasteiger partial charge in [-0.3, -0.25) is 14.3 Å². The molecular weight excluding hydrogens is 456 g/mol. The molecule has 1 N–H and O–H groups in total. The van der Waals surface area contributed by atoms with Crippen molar-refractivity contribution in [2.45, 2.75) is 109 Å². The van der Waals surface area contributed by atoms with E-state index < -0.39 is 34.1 Å². The lowest BCUT2D eigenvalue weighted by Gasteiger charge is -2.40. The number of nitrogens with zero attached hydrogens (tertiary/aromatic N) is 1. The molecule has 2 rings (SSSR count). The largest absolute Gasteiger partial charge is 0.414 e. The van der Waals surface area contributed by atoms with E-state index in [0.29, 0.717) is 18.6 Å². The topological polar surface area (TPSA) is 91.8 Å². The van der Waals surface area contributed by atoms with Crippen molar-refractivity contribution in [1.82, 2.24) is 9.55 Å². The average Bonchev–Trinajstić information content (AvgIpc) is 3.02. The van der Waals surface area contributed by atoms with Crippen LogP contribution in [0.5, 0.6) is 0 Å². The van der Waals surface area contributed by atoms with Gasteiger partial charge in [0.05, 0.1) is 24.9 Å². The minimum absolute atomic E-state index is 0.0381. The summed E-state index contributed by atoms with van der Waals surface area (Å²) >= 11 is 0. The van der Waals surface area contributed by atoms with Crippen molar-refractivity contribution in [3.8, 4) is 0 Å². The molecule has 1 saturated heterocycles. The van der Waals surface area contributed by atoms with E-state index in [0.717, 1.165) is 0 Å². The van der Waals surface area contributed by atoms with Gasteiger partial charge in [-0.1, -0.05) is 41.5 Å². The maximum atomic E-state index is 12.6. The Bertz CT molecular complexity index is 927. The monoisotopic (exact) mass is 500 g/mol. The van der Waals surface area contributed by atoms with Crippen LogP contribution in [-0.2, 0) is 24.9 Å². The molecule has 0 aromatic carbocycles. The number of hydrogen-bond acceptors (Lipinski definition) is 6. The van der Waals surface area contributed by atoms with Crippen molar-refractivity contribution in [2.24, 2.45) is 0 Å². The fraction of sp³-hybridized carbons (Fsp3) is 0.826. The maximum Gasteiger partial charge on any atom is 0.330 e. The Kier molecular flexibility index (Phi) is 8.46. The van der Waals surface area contributed by atoms with E-state index in [2.05, 4.69) is 72.7 Å². The first-order chi connectivity index (χ1) is 14.9. The van der Waals surface area contributed by atoms with Crippen LogP contribution < -0.4 is 11.2 Å². The van der Waals surface area contributed by atoms with Crippen molar-refractivity contribution in [2.75, 3.05) is 13.7 Å². The van der Waals surface area contributed by atoms with E-state index in [1.54, 1.807) is 0 Å². The zero-order valence-corrected chi connectivity index (χ0v) is 24.3. The summed E-state index contributed by atoms with van der Waals surface area (Å²) < 4.78 is 26.2. The fourth-order valence-corrected chi connectivity index (χ4v) is 5.58.